The van der Waals surface area contributed by atoms with E-state index < -0.39 is 46.4 Å². The maximum Gasteiger partial charge on any atom is 0.488 e. The first-order chi connectivity index (χ1) is 28.2. The zero-order valence-corrected chi connectivity index (χ0v) is 35.8. The number of aromatic hydroxyl groups is 1. The van der Waals surface area contributed by atoms with Gasteiger partial charge < -0.3 is 29.3 Å². The van der Waals surface area contributed by atoms with Gasteiger partial charge in [0.05, 0.1) is 35.3 Å². The lowest BCUT2D eigenvalue weighted by Crippen LogP contribution is -2.66. The van der Waals surface area contributed by atoms with Crippen LogP contribution in [0.5, 0.6) is 5.75 Å². The van der Waals surface area contributed by atoms with Crippen molar-refractivity contribution in [2.24, 2.45) is 17.8 Å². The summed E-state index contributed by atoms with van der Waals surface area (Å²) in [5.41, 5.74) is 4.19. The molecule has 4 atom stereocenters. The highest BCUT2D eigenvalue weighted by molar-refractivity contribution is 6.99. The first-order valence-corrected chi connectivity index (χ1v) is 22.8. The number of benzene rings is 4. The van der Waals surface area contributed by atoms with Gasteiger partial charge in [0.15, 0.2) is 0 Å². The molecule has 0 aromatic heterocycles. The lowest BCUT2D eigenvalue weighted by Gasteiger charge is -2.46. The van der Waals surface area contributed by atoms with Crippen molar-refractivity contribution in [2.75, 3.05) is 11.5 Å². The zero-order chi connectivity index (χ0) is 42.1. The molecule has 306 valence electrons. The Morgan fingerprint density at radius 1 is 0.932 bits per heavy atom. The molecule has 2 saturated heterocycles. The van der Waals surface area contributed by atoms with E-state index >= 15 is 0 Å². The molecule has 59 heavy (non-hydrogen) atoms. The molecule has 0 radical (unpaired) electrons. The Balaban J connectivity index is 1.32. The number of imide groups is 1. The van der Waals surface area contributed by atoms with Crippen LogP contribution in [0.15, 0.2) is 120 Å². The van der Waals surface area contributed by atoms with Gasteiger partial charge in [-0.05, 0) is 106 Å². The van der Waals surface area contributed by atoms with Gasteiger partial charge in [0, 0.05) is 0 Å². The second-order valence-corrected chi connectivity index (χ2v) is 21.8. The summed E-state index contributed by atoms with van der Waals surface area (Å²) in [6.07, 6.45) is 4.71. The molecular weight excluding hydrogens is 780 g/mol. The highest BCUT2D eigenvalue weighted by Gasteiger charge is 2.58. The summed E-state index contributed by atoms with van der Waals surface area (Å²) in [6, 6.07) is 31.9. The Morgan fingerprint density at radius 3 is 2.22 bits per heavy atom. The number of nitrogens with zero attached hydrogens (tertiary/aromatic N) is 1. The minimum absolute atomic E-state index is 0.0902. The third-order valence-electron chi connectivity index (χ3n) is 12.3. The van der Waals surface area contributed by atoms with Crippen LogP contribution in [0.3, 0.4) is 0 Å². The van der Waals surface area contributed by atoms with Crippen molar-refractivity contribution < 1.29 is 38.8 Å². The molecule has 4 aromatic rings. The van der Waals surface area contributed by atoms with E-state index in [1.807, 2.05) is 36.4 Å². The van der Waals surface area contributed by atoms with Gasteiger partial charge in [-0.2, -0.15) is 0 Å². The number of carbonyl (C=O) groups excluding carboxylic acids is 2. The van der Waals surface area contributed by atoms with Gasteiger partial charge in [-0.15, -0.1) is 0 Å². The number of hydrogen-bond donors (Lipinski definition) is 4. The fraction of sp³-hybridized carbons (Fsp3) is 0.348. The predicted octanol–water partition coefficient (Wildman–Crippen LogP) is 6.27. The molecule has 13 heteroatoms. The fourth-order valence-electron chi connectivity index (χ4n) is 9.69. The highest BCUT2D eigenvalue weighted by Crippen LogP contribution is 2.52. The Hall–Kier alpha value is -4.26. The number of allylic oxidation sites excluding steroid dienone is 1. The van der Waals surface area contributed by atoms with Crippen molar-refractivity contribution in [1.29, 1.82) is 0 Å². The van der Waals surface area contributed by atoms with Gasteiger partial charge in [0.2, 0.25) is 11.8 Å². The van der Waals surface area contributed by atoms with Crippen LogP contribution in [0, 0.1) is 17.8 Å². The number of halogens is 1. The predicted molar refractivity (Wildman–Crippen MR) is 237 cm³/mol. The van der Waals surface area contributed by atoms with Gasteiger partial charge in [0.25, 0.3) is 8.32 Å². The third-order valence-corrected chi connectivity index (χ3v) is 17.6. The largest absolute Gasteiger partial charge is 0.508 e. The lowest BCUT2D eigenvalue weighted by atomic mass is 9.58. The van der Waals surface area contributed by atoms with E-state index in [9.17, 15) is 29.8 Å². The maximum atomic E-state index is 14.6. The van der Waals surface area contributed by atoms with Crippen LogP contribution < -0.4 is 20.7 Å². The van der Waals surface area contributed by atoms with Gasteiger partial charge in [-0.1, -0.05) is 130 Å². The van der Waals surface area contributed by atoms with Crippen molar-refractivity contribution in [1.82, 2.24) is 0 Å². The molecule has 0 spiro atoms. The summed E-state index contributed by atoms with van der Waals surface area (Å²) in [7, 11) is -5.98. The quantitative estimate of drug-likeness (QED) is 0.0704. The van der Waals surface area contributed by atoms with Crippen LogP contribution in [0.1, 0.15) is 65.4 Å². The molecule has 2 amide bonds. The van der Waals surface area contributed by atoms with Gasteiger partial charge in [0.1, 0.15) is 5.75 Å². The number of fused-ring (bicyclic) bond motifs is 3. The molecule has 2 aliphatic heterocycles. The number of phenolic OH excluding ortho intramolecular Hbond substituents is 1. The summed E-state index contributed by atoms with van der Waals surface area (Å²) in [5, 5.41) is 43.6. The molecule has 4 aromatic carbocycles. The Labute approximate surface area is 353 Å². The van der Waals surface area contributed by atoms with Crippen LogP contribution in [0.4, 0.5) is 5.69 Å². The summed E-state index contributed by atoms with van der Waals surface area (Å²) in [6.45, 7) is 8.97. The van der Waals surface area contributed by atoms with Crippen LogP contribution in [-0.2, 0) is 18.7 Å². The number of amides is 2. The number of anilines is 1. The van der Waals surface area contributed by atoms with E-state index in [1.54, 1.807) is 24.3 Å². The van der Waals surface area contributed by atoms with Crippen LogP contribution in [0.25, 0.3) is 6.08 Å². The smallest absolute Gasteiger partial charge is 0.488 e. The second kappa shape index (κ2) is 17.8. The lowest BCUT2D eigenvalue weighted by molar-refractivity contribution is -0.122. The second-order valence-electron chi connectivity index (χ2n) is 17.0. The summed E-state index contributed by atoms with van der Waals surface area (Å²) in [5.74, 6) is -2.61. The van der Waals surface area contributed by atoms with Crippen molar-refractivity contribution in [3.63, 3.8) is 0 Å². The molecule has 2 heterocycles. The van der Waals surface area contributed by atoms with Crippen molar-refractivity contribution >= 4 is 73.6 Å². The average molecular weight is 832 g/mol. The minimum Gasteiger partial charge on any atom is -0.508 e. The molecule has 4 N–H and O–H groups in total. The molecule has 9 nitrogen and oxygen atoms in total. The average Bonchev–Trinajstić information content (AvgIpc) is 3.46. The number of carbonyl (C=O) groups is 2. The van der Waals surface area contributed by atoms with Crippen LogP contribution >= 0.6 is 11.6 Å². The molecule has 2 fully saturated rings. The van der Waals surface area contributed by atoms with Crippen LogP contribution in [0.2, 0.25) is 16.4 Å². The van der Waals surface area contributed by atoms with E-state index in [0.29, 0.717) is 17.9 Å². The Bertz CT molecular complexity index is 2190. The Kier molecular flexibility index (Phi) is 12.9. The van der Waals surface area contributed by atoms with E-state index in [-0.39, 0.29) is 53.1 Å². The Morgan fingerprint density at radius 2 is 1.61 bits per heavy atom. The zero-order valence-electron chi connectivity index (χ0n) is 34.1. The first-order valence-electron chi connectivity index (χ1n) is 20.6. The summed E-state index contributed by atoms with van der Waals surface area (Å²) >= 11 is 6.53. The maximum absolute atomic E-state index is 14.6. The first kappa shape index (κ1) is 42.8. The third kappa shape index (κ3) is 8.55. The van der Waals surface area contributed by atoms with Crippen molar-refractivity contribution in [3.8, 4) is 5.75 Å². The minimum atomic E-state index is -3.05. The molecular formula is C46H52B2ClNO8Si. The molecule has 0 bridgehead atoms. The van der Waals surface area contributed by atoms with E-state index in [2.05, 4.69) is 58.0 Å². The molecule has 3 aliphatic rings. The fourth-order valence-corrected chi connectivity index (χ4v) is 14.5. The molecule has 7 rings (SSSR count). The van der Waals surface area contributed by atoms with Crippen molar-refractivity contribution in [3.05, 3.63) is 130 Å². The monoisotopic (exact) mass is 831 g/mol. The summed E-state index contributed by atoms with van der Waals surface area (Å²) in [4.78, 5) is 30.3. The standard InChI is InChI=1S/C46H52B2ClNO8Si/c1-5-13-30(24-31-21-22-35(51)27-40(31)49)20-23-41-42-32(29-57-59(46(2,3)4,36-16-8-6-9-17-36)37-18-10-7-11-19-37)25-38-43(39(42)28-47(54)58-41)45(53)50(44(38)52)34-15-12-14-33(26-34)48(55)56/h6-12,14-19,21-22,24,26-27,38-39,41,43,51,54-56H,5,13,20,23,25,28-29H2,1-4H3/b30-24+/t38-,39+,41-,43-/m1/s1. The highest BCUT2D eigenvalue weighted by atomic mass is 35.5. The molecule has 0 unspecified atom stereocenters. The normalized spacial score (nSPS) is 21.2. The molecule has 1 aliphatic carbocycles. The SMILES string of the molecule is CCC/C(=C\c1ccc(O)cc1Cl)CC[C@H]1OB(O)C[C@H]2C1=C(CO[Si](c1ccccc1)(c1ccccc1)C(C)(C)C)C[C@H]1C(=O)N(c3cccc(B(O)O)c3)C(=O)[C@H]12. The van der Waals surface area contributed by atoms with Gasteiger partial charge >= 0.3 is 14.2 Å². The topological polar surface area (TPSA) is 137 Å². The molecule has 0 saturated carbocycles. The van der Waals surface area contributed by atoms with E-state index in [4.69, 9.17) is 20.7 Å². The van der Waals surface area contributed by atoms with E-state index in [0.717, 1.165) is 45.5 Å². The van der Waals surface area contributed by atoms with Gasteiger partial charge in [-0.3, -0.25) is 14.5 Å². The number of hydrogen-bond acceptors (Lipinski definition) is 8. The van der Waals surface area contributed by atoms with Crippen LogP contribution in [-0.4, -0.2) is 67.3 Å². The number of rotatable bonds is 13. The number of phenols is 1. The van der Waals surface area contributed by atoms with Gasteiger partial charge in [-0.25, -0.2) is 0 Å². The summed E-state index contributed by atoms with van der Waals surface area (Å²) < 4.78 is 13.9. The van der Waals surface area contributed by atoms with E-state index in [1.165, 1.54) is 23.1 Å². The van der Waals surface area contributed by atoms with Crippen molar-refractivity contribution in [2.45, 2.75) is 77.3 Å².